The molecule has 0 radical (unpaired) electrons. The molecule has 1 saturated carbocycles. The number of furan rings is 1. The van der Waals surface area contributed by atoms with Crippen LogP contribution in [-0.2, 0) is 0 Å². The summed E-state index contributed by atoms with van der Waals surface area (Å²) >= 11 is 0. The number of rotatable bonds is 4. The lowest BCUT2D eigenvalue weighted by molar-refractivity contribution is 0.0975. The summed E-state index contributed by atoms with van der Waals surface area (Å²) in [5, 5.41) is 0. The SMILES string of the molecule is Cc1ccc(C(C(C)N)N(C)C2CCC(C)CC2)o1. The Labute approximate surface area is 117 Å². The predicted octanol–water partition coefficient (Wildman–Crippen LogP) is 3.49. The van der Waals surface area contributed by atoms with Crippen LogP contribution in [-0.4, -0.2) is 24.0 Å². The molecule has 0 spiro atoms. The largest absolute Gasteiger partial charge is 0.465 e. The molecular weight excluding hydrogens is 236 g/mol. The average Bonchev–Trinajstić information content (AvgIpc) is 2.76. The first-order chi connectivity index (χ1) is 8.99. The van der Waals surface area contributed by atoms with Gasteiger partial charge in [0, 0.05) is 12.1 Å². The Bertz CT molecular complexity index is 391. The number of nitrogens with zero attached hydrogens (tertiary/aromatic N) is 1. The topological polar surface area (TPSA) is 42.4 Å². The van der Waals surface area contributed by atoms with Crippen molar-refractivity contribution in [3.8, 4) is 0 Å². The molecule has 2 rings (SSSR count). The first-order valence-electron chi connectivity index (χ1n) is 7.53. The van der Waals surface area contributed by atoms with Gasteiger partial charge in [-0.25, -0.2) is 0 Å². The number of hydrogen-bond donors (Lipinski definition) is 1. The lowest BCUT2D eigenvalue weighted by atomic mass is 9.85. The van der Waals surface area contributed by atoms with Crippen molar-refractivity contribution >= 4 is 0 Å². The summed E-state index contributed by atoms with van der Waals surface area (Å²) in [5.41, 5.74) is 6.21. The Morgan fingerprint density at radius 1 is 1.26 bits per heavy atom. The lowest BCUT2D eigenvalue weighted by Gasteiger charge is -2.39. The van der Waals surface area contributed by atoms with Crippen LogP contribution in [0.25, 0.3) is 0 Å². The molecule has 0 aromatic carbocycles. The molecule has 2 unspecified atom stereocenters. The Morgan fingerprint density at radius 2 is 1.89 bits per heavy atom. The van der Waals surface area contributed by atoms with Crippen LogP contribution in [0.1, 0.15) is 57.1 Å². The second-order valence-corrected chi connectivity index (χ2v) is 6.33. The maximum absolute atomic E-state index is 6.21. The van der Waals surface area contributed by atoms with Crippen LogP contribution in [0.15, 0.2) is 16.5 Å². The summed E-state index contributed by atoms with van der Waals surface area (Å²) in [7, 11) is 2.20. The van der Waals surface area contributed by atoms with E-state index in [0.717, 1.165) is 17.4 Å². The summed E-state index contributed by atoms with van der Waals surface area (Å²) in [4.78, 5) is 2.44. The number of likely N-dealkylation sites (N-methyl/N-ethyl adjacent to an activating group) is 1. The van der Waals surface area contributed by atoms with E-state index in [2.05, 4.69) is 31.9 Å². The van der Waals surface area contributed by atoms with Crippen molar-refractivity contribution in [2.24, 2.45) is 11.7 Å². The molecule has 1 fully saturated rings. The van der Waals surface area contributed by atoms with E-state index in [1.165, 1.54) is 25.7 Å². The Hall–Kier alpha value is -0.800. The Balaban J connectivity index is 2.10. The highest BCUT2D eigenvalue weighted by atomic mass is 16.3. The molecule has 0 amide bonds. The second-order valence-electron chi connectivity index (χ2n) is 6.33. The highest BCUT2D eigenvalue weighted by molar-refractivity contribution is 5.12. The third kappa shape index (κ3) is 3.40. The van der Waals surface area contributed by atoms with Gasteiger partial charge in [-0.2, -0.15) is 0 Å². The maximum Gasteiger partial charge on any atom is 0.122 e. The van der Waals surface area contributed by atoms with Crippen LogP contribution in [0, 0.1) is 12.8 Å². The number of aryl methyl sites for hydroxylation is 1. The van der Waals surface area contributed by atoms with E-state index < -0.39 is 0 Å². The van der Waals surface area contributed by atoms with Gasteiger partial charge in [0.15, 0.2) is 0 Å². The van der Waals surface area contributed by atoms with Gasteiger partial charge >= 0.3 is 0 Å². The molecular formula is C16H28N2O. The van der Waals surface area contributed by atoms with Gasteiger partial charge in [0.25, 0.3) is 0 Å². The molecule has 0 saturated heterocycles. The molecule has 0 bridgehead atoms. The second kappa shape index (κ2) is 6.10. The van der Waals surface area contributed by atoms with Crippen LogP contribution in [0.4, 0.5) is 0 Å². The molecule has 1 aliphatic rings. The number of hydrogen-bond acceptors (Lipinski definition) is 3. The van der Waals surface area contributed by atoms with Crippen molar-refractivity contribution in [1.82, 2.24) is 4.90 Å². The van der Waals surface area contributed by atoms with Gasteiger partial charge in [-0.15, -0.1) is 0 Å². The molecule has 1 heterocycles. The maximum atomic E-state index is 6.21. The fourth-order valence-electron chi connectivity index (χ4n) is 3.32. The van der Waals surface area contributed by atoms with Crippen LogP contribution in [0.5, 0.6) is 0 Å². The van der Waals surface area contributed by atoms with E-state index in [-0.39, 0.29) is 12.1 Å². The van der Waals surface area contributed by atoms with Gasteiger partial charge < -0.3 is 10.2 Å². The van der Waals surface area contributed by atoms with Crippen molar-refractivity contribution in [3.63, 3.8) is 0 Å². The molecule has 2 atom stereocenters. The first kappa shape index (κ1) is 14.6. The van der Waals surface area contributed by atoms with E-state index in [9.17, 15) is 0 Å². The Kier molecular flexibility index (Phi) is 4.69. The van der Waals surface area contributed by atoms with E-state index in [0.29, 0.717) is 6.04 Å². The standard InChI is InChI=1S/C16H28N2O/c1-11-5-8-14(9-6-11)18(4)16(13(3)17)15-10-7-12(2)19-15/h7,10-11,13-14,16H,5-6,8-9,17H2,1-4H3. The van der Waals surface area contributed by atoms with E-state index in [1.807, 2.05) is 13.0 Å². The summed E-state index contributed by atoms with van der Waals surface area (Å²) in [6, 6.07) is 5.01. The van der Waals surface area contributed by atoms with Gasteiger partial charge in [0.2, 0.25) is 0 Å². The molecule has 3 heteroatoms. The summed E-state index contributed by atoms with van der Waals surface area (Å²) in [6.07, 6.45) is 5.22. The monoisotopic (exact) mass is 264 g/mol. The van der Waals surface area contributed by atoms with Crippen molar-refractivity contribution in [1.29, 1.82) is 0 Å². The first-order valence-corrected chi connectivity index (χ1v) is 7.53. The van der Waals surface area contributed by atoms with Gasteiger partial charge in [-0.3, -0.25) is 4.90 Å². The molecule has 1 aromatic rings. The fraction of sp³-hybridized carbons (Fsp3) is 0.750. The zero-order valence-corrected chi connectivity index (χ0v) is 12.7. The zero-order valence-electron chi connectivity index (χ0n) is 12.7. The highest BCUT2D eigenvalue weighted by Gasteiger charge is 2.31. The normalized spacial score (nSPS) is 27.5. The van der Waals surface area contributed by atoms with Crippen LogP contribution in [0.3, 0.4) is 0 Å². The van der Waals surface area contributed by atoms with Crippen molar-refractivity contribution < 1.29 is 4.42 Å². The molecule has 1 aliphatic carbocycles. The van der Waals surface area contributed by atoms with Crippen LogP contribution < -0.4 is 5.73 Å². The van der Waals surface area contributed by atoms with Crippen LogP contribution in [0.2, 0.25) is 0 Å². The van der Waals surface area contributed by atoms with Gasteiger partial charge in [0.1, 0.15) is 11.5 Å². The zero-order chi connectivity index (χ0) is 14.0. The smallest absolute Gasteiger partial charge is 0.122 e. The molecule has 3 nitrogen and oxygen atoms in total. The van der Waals surface area contributed by atoms with Gasteiger partial charge in [0.05, 0.1) is 6.04 Å². The van der Waals surface area contributed by atoms with Gasteiger partial charge in [-0.1, -0.05) is 6.92 Å². The summed E-state index contributed by atoms with van der Waals surface area (Å²) in [5.74, 6) is 2.85. The molecule has 0 aliphatic heterocycles. The van der Waals surface area contributed by atoms with Crippen molar-refractivity contribution in [3.05, 3.63) is 23.7 Å². The van der Waals surface area contributed by atoms with Crippen molar-refractivity contribution in [2.45, 2.75) is 64.6 Å². The minimum atomic E-state index is 0.0786. The average molecular weight is 264 g/mol. The summed E-state index contributed by atoms with van der Waals surface area (Å²) in [6.45, 7) is 6.42. The quantitative estimate of drug-likeness (QED) is 0.905. The number of nitrogens with two attached hydrogens (primary N) is 1. The van der Waals surface area contributed by atoms with Crippen LogP contribution >= 0.6 is 0 Å². The fourth-order valence-corrected chi connectivity index (χ4v) is 3.32. The van der Waals surface area contributed by atoms with E-state index in [4.69, 9.17) is 10.2 Å². The predicted molar refractivity (Wildman–Crippen MR) is 79.0 cm³/mol. The summed E-state index contributed by atoms with van der Waals surface area (Å²) < 4.78 is 5.82. The third-order valence-electron chi connectivity index (χ3n) is 4.55. The van der Waals surface area contributed by atoms with Crippen molar-refractivity contribution in [2.75, 3.05) is 7.05 Å². The molecule has 19 heavy (non-hydrogen) atoms. The molecule has 1 aromatic heterocycles. The minimum Gasteiger partial charge on any atom is -0.465 e. The molecule has 108 valence electrons. The van der Waals surface area contributed by atoms with E-state index >= 15 is 0 Å². The third-order valence-corrected chi connectivity index (χ3v) is 4.55. The molecule has 2 N–H and O–H groups in total. The minimum absolute atomic E-state index is 0.0786. The highest BCUT2D eigenvalue weighted by Crippen LogP contribution is 2.33. The van der Waals surface area contributed by atoms with E-state index in [1.54, 1.807) is 0 Å². The van der Waals surface area contributed by atoms with Gasteiger partial charge in [-0.05, 0) is 64.6 Å². The Morgan fingerprint density at radius 3 is 2.37 bits per heavy atom. The lowest BCUT2D eigenvalue weighted by Crippen LogP contribution is -2.44.